The van der Waals surface area contributed by atoms with Gasteiger partial charge in [0.05, 0.1) is 0 Å². The normalized spacial score (nSPS) is 22.4. The van der Waals surface area contributed by atoms with Crippen molar-refractivity contribution in [3.8, 4) is 5.75 Å². The topological polar surface area (TPSA) is 77.9 Å². The van der Waals surface area contributed by atoms with Gasteiger partial charge in [0.1, 0.15) is 5.69 Å². The van der Waals surface area contributed by atoms with Crippen molar-refractivity contribution >= 4 is 11.6 Å². The zero-order valence-electron chi connectivity index (χ0n) is 16.1. The average Bonchev–Trinajstić information content (AvgIpc) is 2.74. The van der Waals surface area contributed by atoms with Gasteiger partial charge in [0.2, 0.25) is 5.91 Å². The first-order valence-electron chi connectivity index (χ1n) is 10.0. The van der Waals surface area contributed by atoms with Crippen LogP contribution in [0.1, 0.15) is 37.7 Å². The number of likely N-dealkylation sites (N-methyl/N-ethyl adjacent to an activating group) is 1. The Kier molecular flexibility index (Phi) is 4.96. The predicted molar refractivity (Wildman–Crippen MR) is 107 cm³/mol. The molecule has 6 heteroatoms. The SMILES string of the molecule is CN(c1c(O)c(=O)c1=O)[C@H](CC(=O)N1CC2CCC1CC2)Cc1ccccc1. The van der Waals surface area contributed by atoms with E-state index in [1.807, 2.05) is 35.2 Å². The summed E-state index contributed by atoms with van der Waals surface area (Å²) in [4.78, 5) is 40.2. The maximum absolute atomic E-state index is 13.1. The van der Waals surface area contributed by atoms with Crippen molar-refractivity contribution in [2.75, 3.05) is 18.5 Å². The number of carbonyl (C=O) groups excluding carboxylic acids is 1. The van der Waals surface area contributed by atoms with Gasteiger partial charge in [-0.05, 0) is 43.6 Å². The monoisotopic (exact) mass is 382 g/mol. The molecule has 2 aromatic carbocycles. The van der Waals surface area contributed by atoms with Crippen LogP contribution >= 0.6 is 0 Å². The first kappa shape index (κ1) is 18.7. The molecule has 3 fully saturated rings. The minimum Gasteiger partial charge on any atom is -0.502 e. The molecule has 3 aliphatic rings. The van der Waals surface area contributed by atoms with E-state index in [-0.39, 0.29) is 24.1 Å². The highest BCUT2D eigenvalue weighted by Crippen LogP contribution is 2.35. The first-order chi connectivity index (χ1) is 13.5. The van der Waals surface area contributed by atoms with Crippen LogP contribution < -0.4 is 15.8 Å². The van der Waals surface area contributed by atoms with Gasteiger partial charge < -0.3 is 14.9 Å². The Morgan fingerprint density at radius 3 is 2.39 bits per heavy atom. The van der Waals surface area contributed by atoms with Crippen molar-refractivity contribution in [2.45, 2.75) is 50.6 Å². The molecule has 1 saturated carbocycles. The highest BCUT2D eigenvalue weighted by atomic mass is 16.3. The summed E-state index contributed by atoms with van der Waals surface area (Å²) in [6.07, 6.45) is 5.39. The van der Waals surface area contributed by atoms with Crippen LogP contribution in [0.25, 0.3) is 0 Å². The van der Waals surface area contributed by atoms with Gasteiger partial charge in [0.15, 0.2) is 5.75 Å². The van der Waals surface area contributed by atoms with Gasteiger partial charge in [-0.3, -0.25) is 14.4 Å². The Balaban J connectivity index is 1.55. The number of amides is 1. The van der Waals surface area contributed by atoms with E-state index < -0.39 is 16.6 Å². The number of hydrogen-bond acceptors (Lipinski definition) is 5. The maximum Gasteiger partial charge on any atom is 0.271 e. The number of hydrogen-bond donors (Lipinski definition) is 1. The van der Waals surface area contributed by atoms with Gasteiger partial charge in [-0.25, -0.2) is 0 Å². The Hall–Kier alpha value is -2.63. The first-order valence-corrected chi connectivity index (χ1v) is 10.0. The Labute approximate surface area is 164 Å². The molecule has 148 valence electrons. The van der Waals surface area contributed by atoms with E-state index in [2.05, 4.69) is 0 Å². The number of nitrogens with zero attached hydrogens (tertiary/aromatic N) is 2. The number of carbonyl (C=O) groups is 1. The van der Waals surface area contributed by atoms with Crippen LogP contribution in [-0.2, 0) is 11.2 Å². The van der Waals surface area contributed by atoms with Crippen molar-refractivity contribution in [1.82, 2.24) is 4.90 Å². The molecule has 2 aliphatic heterocycles. The minimum atomic E-state index is -0.847. The highest BCUT2D eigenvalue weighted by molar-refractivity contribution is 5.78. The zero-order chi connectivity index (χ0) is 19.8. The molecule has 1 atom stereocenters. The lowest BCUT2D eigenvalue weighted by atomic mass is 9.79. The van der Waals surface area contributed by atoms with Crippen molar-refractivity contribution in [3.63, 3.8) is 0 Å². The summed E-state index contributed by atoms with van der Waals surface area (Å²) in [5, 5.41) is 9.87. The van der Waals surface area contributed by atoms with Crippen LogP contribution in [0.5, 0.6) is 5.75 Å². The molecular weight excluding hydrogens is 356 g/mol. The van der Waals surface area contributed by atoms with Crippen LogP contribution in [0.2, 0.25) is 0 Å². The van der Waals surface area contributed by atoms with Gasteiger partial charge in [0, 0.05) is 32.1 Å². The maximum atomic E-state index is 13.1. The molecule has 1 amide bonds. The second-order valence-electron chi connectivity index (χ2n) is 8.23. The molecule has 2 saturated heterocycles. The number of aromatic hydroxyl groups is 1. The third-order valence-corrected chi connectivity index (χ3v) is 6.52. The lowest BCUT2D eigenvalue weighted by Gasteiger charge is -2.46. The average molecular weight is 382 g/mol. The van der Waals surface area contributed by atoms with Gasteiger partial charge in [-0.1, -0.05) is 30.3 Å². The van der Waals surface area contributed by atoms with Crippen molar-refractivity contribution < 1.29 is 9.90 Å². The second-order valence-corrected chi connectivity index (χ2v) is 8.23. The predicted octanol–water partition coefficient (Wildman–Crippen LogP) is 1.83. The largest absolute Gasteiger partial charge is 0.502 e. The molecule has 2 aromatic rings. The molecule has 0 aromatic heterocycles. The number of anilines is 1. The van der Waals surface area contributed by atoms with E-state index in [1.54, 1.807) is 11.9 Å². The molecule has 0 unspecified atom stereocenters. The smallest absolute Gasteiger partial charge is 0.271 e. The summed E-state index contributed by atoms with van der Waals surface area (Å²) in [7, 11) is 1.68. The standard InChI is InChI=1S/C22H26N2O4/c1-23(19-20(26)22(28)21(19)27)17(11-14-5-3-2-4-6-14)12-18(25)24-13-15-7-9-16(24)10-8-15/h2-6,15-17,26H,7-13H2,1H3/t15?,16?,17-/m0/s1. The van der Waals surface area contributed by atoms with Crippen LogP contribution in [0.4, 0.5) is 5.69 Å². The van der Waals surface area contributed by atoms with E-state index in [0.29, 0.717) is 18.4 Å². The molecule has 5 rings (SSSR count). The molecule has 1 N–H and O–H groups in total. The number of piperidine rings is 2. The quantitative estimate of drug-likeness (QED) is 0.771. The molecule has 1 aliphatic carbocycles. The van der Waals surface area contributed by atoms with E-state index in [0.717, 1.165) is 24.9 Å². The van der Waals surface area contributed by atoms with Gasteiger partial charge in [-0.2, -0.15) is 0 Å². The fraction of sp³-hybridized carbons (Fsp3) is 0.500. The lowest BCUT2D eigenvalue weighted by molar-refractivity contribution is -0.139. The Morgan fingerprint density at radius 1 is 1.14 bits per heavy atom. The molecule has 2 heterocycles. The van der Waals surface area contributed by atoms with Gasteiger partial charge >= 0.3 is 0 Å². The molecule has 0 spiro atoms. The minimum absolute atomic E-state index is 0.0268. The fourth-order valence-corrected chi connectivity index (χ4v) is 4.80. The van der Waals surface area contributed by atoms with Crippen LogP contribution in [0.3, 0.4) is 0 Å². The molecular formula is C22H26N2O4. The summed E-state index contributed by atoms with van der Waals surface area (Å²) in [6, 6.07) is 9.80. The Bertz CT molecular complexity index is 924. The van der Waals surface area contributed by atoms with E-state index in [1.165, 1.54) is 12.8 Å². The molecule has 28 heavy (non-hydrogen) atoms. The molecule has 6 nitrogen and oxygen atoms in total. The van der Waals surface area contributed by atoms with Crippen LogP contribution in [-0.4, -0.2) is 41.6 Å². The fourth-order valence-electron chi connectivity index (χ4n) is 4.80. The van der Waals surface area contributed by atoms with E-state index in [4.69, 9.17) is 0 Å². The summed E-state index contributed by atoms with van der Waals surface area (Å²) >= 11 is 0. The summed E-state index contributed by atoms with van der Waals surface area (Å²) in [6.45, 7) is 0.830. The van der Waals surface area contributed by atoms with Crippen molar-refractivity contribution in [1.29, 1.82) is 0 Å². The Morgan fingerprint density at radius 2 is 1.82 bits per heavy atom. The summed E-state index contributed by atoms with van der Waals surface area (Å²) in [5.74, 6) is 0.215. The van der Waals surface area contributed by atoms with Crippen molar-refractivity contribution in [3.05, 3.63) is 56.3 Å². The third kappa shape index (κ3) is 3.32. The zero-order valence-corrected chi connectivity index (χ0v) is 16.1. The molecule has 0 radical (unpaired) electrons. The summed E-state index contributed by atoms with van der Waals surface area (Å²) < 4.78 is 0. The number of fused-ring (bicyclic) bond motifs is 3. The van der Waals surface area contributed by atoms with E-state index >= 15 is 0 Å². The number of rotatable bonds is 6. The highest BCUT2D eigenvalue weighted by Gasteiger charge is 2.38. The van der Waals surface area contributed by atoms with Gasteiger partial charge in [0.25, 0.3) is 10.9 Å². The summed E-state index contributed by atoms with van der Waals surface area (Å²) in [5.41, 5.74) is -0.452. The third-order valence-electron chi connectivity index (χ3n) is 6.52. The van der Waals surface area contributed by atoms with Gasteiger partial charge in [-0.15, -0.1) is 0 Å². The van der Waals surface area contributed by atoms with Crippen LogP contribution in [0, 0.1) is 5.92 Å². The second kappa shape index (κ2) is 7.41. The van der Waals surface area contributed by atoms with Crippen molar-refractivity contribution in [2.24, 2.45) is 5.92 Å². The number of benzene rings is 1. The van der Waals surface area contributed by atoms with E-state index in [9.17, 15) is 19.5 Å². The molecule has 2 bridgehead atoms. The lowest BCUT2D eigenvalue weighted by Crippen LogP contribution is -2.53. The van der Waals surface area contributed by atoms with Crippen LogP contribution in [0.15, 0.2) is 39.9 Å².